The monoisotopic (exact) mass is 264 g/mol. The van der Waals surface area contributed by atoms with Crippen LogP contribution in [0, 0.1) is 0 Å². The molecular weight excluding hydrogens is 252 g/mol. The molecule has 90 valence electrons. The third-order valence-electron chi connectivity index (χ3n) is 2.25. The SMILES string of the molecule is CC1(NS(=O)(=O)c2nnc(N)s2)CCOC1. The molecule has 1 aliphatic heterocycles. The lowest BCUT2D eigenvalue weighted by Gasteiger charge is -2.21. The predicted octanol–water partition coefficient (Wildman–Crippen LogP) is -0.422. The van der Waals surface area contributed by atoms with E-state index in [2.05, 4.69) is 14.9 Å². The molecular formula is C7H12N4O3S2. The summed E-state index contributed by atoms with van der Waals surface area (Å²) >= 11 is 0.841. The fraction of sp³-hybridized carbons (Fsp3) is 0.714. The van der Waals surface area contributed by atoms with E-state index in [1.165, 1.54) is 0 Å². The molecule has 1 aromatic heterocycles. The number of nitrogens with zero attached hydrogens (tertiary/aromatic N) is 2. The Balaban J connectivity index is 2.20. The summed E-state index contributed by atoms with van der Waals surface area (Å²) in [6, 6.07) is 0. The number of nitrogens with two attached hydrogens (primary N) is 1. The number of sulfonamides is 1. The molecule has 0 amide bonds. The fourth-order valence-corrected chi connectivity index (χ4v) is 3.65. The standard InChI is InChI=1S/C7H12N4O3S2/c1-7(2-3-14-4-7)11-16(12,13)6-10-9-5(8)15-6/h11H,2-4H2,1H3,(H2,8,9). The Morgan fingerprint density at radius 1 is 1.56 bits per heavy atom. The Labute approximate surface area is 97.1 Å². The highest BCUT2D eigenvalue weighted by Gasteiger charge is 2.35. The topological polar surface area (TPSA) is 107 Å². The summed E-state index contributed by atoms with van der Waals surface area (Å²) in [7, 11) is -3.65. The number of hydrogen-bond donors (Lipinski definition) is 2. The zero-order valence-electron chi connectivity index (χ0n) is 8.63. The van der Waals surface area contributed by atoms with Crippen LogP contribution in [0.25, 0.3) is 0 Å². The molecule has 0 bridgehead atoms. The lowest BCUT2D eigenvalue weighted by Crippen LogP contribution is -2.46. The summed E-state index contributed by atoms with van der Waals surface area (Å²) in [5.74, 6) is 0. The van der Waals surface area contributed by atoms with Gasteiger partial charge in [-0.2, -0.15) is 0 Å². The van der Waals surface area contributed by atoms with Crippen LogP contribution in [0.1, 0.15) is 13.3 Å². The van der Waals surface area contributed by atoms with Crippen molar-refractivity contribution in [1.29, 1.82) is 0 Å². The van der Waals surface area contributed by atoms with E-state index in [4.69, 9.17) is 10.5 Å². The van der Waals surface area contributed by atoms with E-state index < -0.39 is 15.6 Å². The molecule has 2 heterocycles. The van der Waals surface area contributed by atoms with Gasteiger partial charge in [0.05, 0.1) is 12.1 Å². The van der Waals surface area contributed by atoms with Crippen LogP contribution in [0.4, 0.5) is 5.13 Å². The first-order valence-electron chi connectivity index (χ1n) is 4.62. The molecule has 16 heavy (non-hydrogen) atoms. The summed E-state index contributed by atoms with van der Waals surface area (Å²) in [6.07, 6.45) is 0.639. The Kier molecular flexibility index (Phi) is 2.86. The van der Waals surface area contributed by atoms with Crippen LogP contribution in [0.5, 0.6) is 0 Å². The van der Waals surface area contributed by atoms with Gasteiger partial charge in [0.15, 0.2) is 0 Å². The molecule has 7 nitrogen and oxygen atoms in total. The molecule has 1 fully saturated rings. The fourth-order valence-electron chi connectivity index (χ4n) is 1.44. The van der Waals surface area contributed by atoms with Crippen LogP contribution in [-0.4, -0.2) is 37.4 Å². The summed E-state index contributed by atoms with van der Waals surface area (Å²) < 4.78 is 31.4. The van der Waals surface area contributed by atoms with Crippen LogP contribution >= 0.6 is 11.3 Å². The highest BCUT2D eigenvalue weighted by molar-refractivity contribution is 7.91. The molecule has 9 heteroatoms. The molecule has 1 aliphatic rings. The average Bonchev–Trinajstić information content (AvgIpc) is 2.74. The van der Waals surface area contributed by atoms with Gasteiger partial charge in [0.25, 0.3) is 10.0 Å². The maximum absolute atomic E-state index is 11.9. The van der Waals surface area contributed by atoms with E-state index in [1.54, 1.807) is 6.92 Å². The summed E-state index contributed by atoms with van der Waals surface area (Å²) in [4.78, 5) is 0. The number of anilines is 1. The largest absolute Gasteiger partial charge is 0.379 e. The van der Waals surface area contributed by atoms with Gasteiger partial charge in [-0.25, -0.2) is 13.1 Å². The minimum atomic E-state index is -3.65. The second-order valence-electron chi connectivity index (χ2n) is 3.87. The minimum absolute atomic E-state index is 0.113. The lowest BCUT2D eigenvalue weighted by molar-refractivity contribution is 0.178. The van der Waals surface area contributed by atoms with Crippen molar-refractivity contribution in [1.82, 2.24) is 14.9 Å². The van der Waals surface area contributed by atoms with Gasteiger partial charge in [0, 0.05) is 6.61 Å². The second kappa shape index (κ2) is 3.91. The zero-order valence-corrected chi connectivity index (χ0v) is 10.3. The first-order valence-corrected chi connectivity index (χ1v) is 6.92. The van der Waals surface area contributed by atoms with Gasteiger partial charge in [-0.1, -0.05) is 11.3 Å². The number of ether oxygens (including phenoxy) is 1. The van der Waals surface area contributed by atoms with E-state index in [0.717, 1.165) is 11.3 Å². The van der Waals surface area contributed by atoms with E-state index in [-0.39, 0.29) is 9.47 Å². The normalized spacial score (nSPS) is 26.1. The molecule has 2 rings (SSSR count). The van der Waals surface area contributed by atoms with Crippen molar-refractivity contribution in [3.63, 3.8) is 0 Å². The number of hydrogen-bond acceptors (Lipinski definition) is 7. The van der Waals surface area contributed by atoms with Crippen molar-refractivity contribution in [3.8, 4) is 0 Å². The van der Waals surface area contributed by atoms with Gasteiger partial charge < -0.3 is 10.5 Å². The highest BCUT2D eigenvalue weighted by Crippen LogP contribution is 2.23. The zero-order chi connectivity index (χ0) is 11.8. The van der Waals surface area contributed by atoms with Gasteiger partial charge in [0.2, 0.25) is 9.47 Å². The first-order chi connectivity index (χ1) is 7.41. The van der Waals surface area contributed by atoms with Crippen LogP contribution in [-0.2, 0) is 14.8 Å². The molecule has 0 aromatic carbocycles. The molecule has 3 N–H and O–H groups in total. The van der Waals surface area contributed by atoms with E-state index in [1.807, 2.05) is 0 Å². The molecule has 1 unspecified atom stereocenters. The number of nitrogens with one attached hydrogen (secondary N) is 1. The van der Waals surface area contributed by atoms with Crippen molar-refractivity contribution in [2.45, 2.75) is 23.2 Å². The third-order valence-corrected chi connectivity index (χ3v) is 5.01. The van der Waals surface area contributed by atoms with Gasteiger partial charge in [0.1, 0.15) is 0 Å². The molecule has 0 aliphatic carbocycles. The Hall–Kier alpha value is -0.770. The number of nitrogen functional groups attached to an aromatic ring is 1. The van der Waals surface area contributed by atoms with Crippen LogP contribution in [0.2, 0.25) is 0 Å². The highest BCUT2D eigenvalue weighted by atomic mass is 32.2. The van der Waals surface area contributed by atoms with Crippen molar-refractivity contribution in [2.75, 3.05) is 18.9 Å². The van der Waals surface area contributed by atoms with Gasteiger partial charge in [-0.3, -0.25) is 0 Å². The van der Waals surface area contributed by atoms with Gasteiger partial charge in [-0.05, 0) is 13.3 Å². The Bertz CT molecular complexity index is 478. The predicted molar refractivity (Wildman–Crippen MR) is 58.5 cm³/mol. The van der Waals surface area contributed by atoms with Crippen molar-refractivity contribution >= 4 is 26.5 Å². The summed E-state index contributed by atoms with van der Waals surface area (Å²) in [5.41, 5.74) is 4.77. The second-order valence-corrected chi connectivity index (χ2v) is 6.74. The maximum atomic E-state index is 11.9. The summed E-state index contributed by atoms with van der Waals surface area (Å²) in [6.45, 7) is 2.71. The maximum Gasteiger partial charge on any atom is 0.270 e. The lowest BCUT2D eigenvalue weighted by atomic mass is 10.0. The van der Waals surface area contributed by atoms with Crippen LogP contribution in [0.15, 0.2) is 4.34 Å². The first kappa shape index (κ1) is 11.7. The number of rotatable bonds is 3. The van der Waals surface area contributed by atoms with Crippen LogP contribution in [0.3, 0.4) is 0 Å². The number of aromatic nitrogens is 2. The quantitative estimate of drug-likeness (QED) is 0.767. The molecule has 1 atom stereocenters. The van der Waals surface area contributed by atoms with E-state index >= 15 is 0 Å². The molecule has 0 radical (unpaired) electrons. The summed E-state index contributed by atoms with van der Waals surface area (Å²) in [5, 5.41) is 7.12. The Morgan fingerprint density at radius 2 is 2.31 bits per heavy atom. The van der Waals surface area contributed by atoms with Crippen molar-refractivity contribution in [3.05, 3.63) is 0 Å². The third kappa shape index (κ3) is 2.32. The van der Waals surface area contributed by atoms with Gasteiger partial charge >= 0.3 is 0 Å². The Morgan fingerprint density at radius 3 is 2.81 bits per heavy atom. The van der Waals surface area contributed by atoms with Crippen molar-refractivity contribution < 1.29 is 13.2 Å². The smallest absolute Gasteiger partial charge is 0.270 e. The average molecular weight is 264 g/mol. The van der Waals surface area contributed by atoms with E-state index in [9.17, 15) is 8.42 Å². The minimum Gasteiger partial charge on any atom is -0.379 e. The van der Waals surface area contributed by atoms with E-state index in [0.29, 0.717) is 19.6 Å². The molecule has 1 aromatic rings. The molecule has 0 spiro atoms. The van der Waals surface area contributed by atoms with Gasteiger partial charge in [-0.15, -0.1) is 10.2 Å². The van der Waals surface area contributed by atoms with Crippen LogP contribution < -0.4 is 10.5 Å². The molecule has 0 saturated carbocycles. The van der Waals surface area contributed by atoms with Crippen molar-refractivity contribution in [2.24, 2.45) is 0 Å². The molecule has 1 saturated heterocycles.